The summed E-state index contributed by atoms with van der Waals surface area (Å²) in [7, 11) is 0. The molecule has 0 amide bonds. The largest absolute Gasteiger partial charge is 0.472 e. The summed E-state index contributed by atoms with van der Waals surface area (Å²) in [5.74, 6) is 6.29. The standard InChI is InChI=1S/C28H43BO2/c1-8-9-22(19-14-15-30-16-19)31-29(25-17(2)10-12-20-23(25)27(20,4)5)26-18(3)11-13-21-24(26)28(21,6)7/h8,14-18,20-26H,1,9-13H2,2-7H3/t17-,18-,20+,21+,22-,23+,24+,25+,26+/m0/s1. The highest BCUT2D eigenvalue weighted by molar-refractivity contribution is 6.56. The third-order valence-corrected chi connectivity index (χ3v) is 10.7. The van der Waals surface area contributed by atoms with Crippen molar-refractivity contribution < 1.29 is 9.07 Å². The maximum atomic E-state index is 7.30. The van der Waals surface area contributed by atoms with E-state index < -0.39 is 0 Å². The van der Waals surface area contributed by atoms with Crippen molar-refractivity contribution in [2.45, 2.75) is 91.4 Å². The van der Waals surface area contributed by atoms with Gasteiger partial charge in [-0.1, -0.05) is 60.5 Å². The van der Waals surface area contributed by atoms with Crippen LogP contribution in [0.3, 0.4) is 0 Å². The maximum Gasteiger partial charge on any atom is 0.301 e. The van der Waals surface area contributed by atoms with E-state index in [2.05, 4.69) is 54.2 Å². The molecule has 0 saturated heterocycles. The fraction of sp³-hybridized carbons (Fsp3) is 0.786. The molecule has 4 aliphatic carbocycles. The van der Waals surface area contributed by atoms with Gasteiger partial charge in [-0.25, -0.2) is 0 Å². The smallest absolute Gasteiger partial charge is 0.301 e. The number of furan rings is 1. The summed E-state index contributed by atoms with van der Waals surface area (Å²) >= 11 is 0. The van der Waals surface area contributed by atoms with Crippen LogP contribution in [0.15, 0.2) is 35.7 Å². The van der Waals surface area contributed by atoms with Gasteiger partial charge in [0.25, 0.3) is 0 Å². The van der Waals surface area contributed by atoms with E-state index in [0.29, 0.717) is 29.4 Å². The van der Waals surface area contributed by atoms with Crippen LogP contribution in [-0.4, -0.2) is 6.92 Å². The predicted octanol–water partition coefficient (Wildman–Crippen LogP) is 8.05. The van der Waals surface area contributed by atoms with Crippen LogP contribution in [0.1, 0.15) is 85.3 Å². The van der Waals surface area contributed by atoms with Crippen LogP contribution in [0.5, 0.6) is 0 Å². The van der Waals surface area contributed by atoms with Gasteiger partial charge in [-0.05, 0) is 83.3 Å². The number of fused-ring (bicyclic) bond motifs is 2. The van der Waals surface area contributed by atoms with Gasteiger partial charge in [0, 0.05) is 5.56 Å². The van der Waals surface area contributed by atoms with Crippen LogP contribution in [0.2, 0.25) is 11.6 Å². The molecule has 0 aliphatic heterocycles. The summed E-state index contributed by atoms with van der Waals surface area (Å²) in [5, 5.41) is 0. The summed E-state index contributed by atoms with van der Waals surface area (Å²) in [4.78, 5) is 0. The molecule has 0 spiro atoms. The lowest BCUT2D eigenvalue weighted by atomic mass is 9.37. The Morgan fingerprint density at radius 1 is 1.03 bits per heavy atom. The minimum atomic E-state index is 0.0603. The van der Waals surface area contributed by atoms with Gasteiger partial charge in [-0.3, -0.25) is 0 Å². The highest BCUT2D eigenvalue weighted by Crippen LogP contribution is 2.75. The van der Waals surface area contributed by atoms with E-state index in [0.717, 1.165) is 41.9 Å². The molecule has 5 rings (SSSR count). The Bertz CT molecular complexity index is 754. The fourth-order valence-electron chi connectivity index (χ4n) is 8.75. The number of hydrogen-bond donors (Lipinski definition) is 0. The van der Waals surface area contributed by atoms with Gasteiger partial charge in [0.1, 0.15) is 0 Å². The molecule has 1 aromatic heterocycles. The molecular formula is C28H43BO2. The molecule has 4 fully saturated rings. The van der Waals surface area contributed by atoms with Crippen molar-refractivity contribution in [1.82, 2.24) is 0 Å². The normalized spacial score (nSPS) is 42.8. The molecule has 31 heavy (non-hydrogen) atoms. The quantitative estimate of drug-likeness (QED) is 0.328. The van der Waals surface area contributed by atoms with E-state index >= 15 is 0 Å². The molecule has 2 nitrogen and oxygen atoms in total. The number of hydrogen-bond acceptors (Lipinski definition) is 2. The summed E-state index contributed by atoms with van der Waals surface area (Å²) < 4.78 is 12.8. The van der Waals surface area contributed by atoms with E-state index in [9.17, 15) is 0 Å². The minimum Gasteiger partial charge on any atom is -0.472 e. The topological polar surface area (TPSA) is 22.4 Å². The van der Waals surface area contributed by atoms with Crippen molar-refractivity contribution in [3.05, 3.63) is 36.8 Å². The zero-order chi connectivity index (χ0) is 22.1. The Labute approximate surface area is 190 Å². The predicted molar refractivity (Wildman–Crippen MR) is 129 cm³/mol. The third-order valence-electron chi connectivity index (χ3n) is 10.7. The van der Waals surface area contributed by atoms with E-state index in [1.54, 1.807) is 6.26 Å². The first-order valence-corrected chi connectivity index (χ1v) is 13.0. The van der Waals surface area contributed by atoms with Gasteiger partial charge in [0.15, 0.2) is 0 Å². The van der Waals surface area contributed by atoms with Crippen molar-refractivity contribution in [2.24, 2.45) is 46.3 Å². The SMILES string of the molecule is C=CC[C@H](OB([C@H]1[C@H]2[C@@H](CC[C@@H]1C)C2(C)C)[C@H]1[C@H]2[C@@H](CC[C@@H]1C)C2(C)C)c1ccoc1. The molecular weight excluding hydrogens is 379 g/mol. The van der Waals surface area contributed by atoms with Crippen molar-refractivity contribution in [3.63, 3.8) is 0 Å². The second kappa shape index (κ2) is 7.54. The lowest BCUT2D eigenvalue weighted by Gasteiger charge is -2.42. The lowest BCUT2D eigenvalue weighted by Crippen LogP contribution is -2.42. The van der Waals surface area contributed by atoms with E-state index in [1.807, 2.05) is 12.3 Å². The van der Waals surface area contributed by atoms with Crippen LogP contribution >= 0.6 is 0 Å². The molecule has 0 radical (unpaired) electrons. The van der Waals surface area contributed by atoms with Crippen molar-refractivity contribution in [2.75, 3.05) is 0 Å². The average Bonchev–Trinajstić information content (AvgIpc) is 3.30. The first kappa shape index (κ1) is 21.9. The van der Waals surface area contributed by atoms with Crippen LogP contribution in [0.4, 0.5) is 0 Å². The lowest BCUT2D eigenvalue weighted by molar-refractivity contribution is 0.168. The van der Waals surface area contributed by atoms with Gasteiger partial charge in [0.2, 0.25) is 0 Å². The zero-order valence-electron chi connectivity index (χ0n) is 20.6. The first-order chi connectivity index (χ1) is 14.7. The van der Waals surface area contributed by atoms with Gasteiger partial charge < -0.3 is 9.07 Å². The van der Waals surface area contributed by atoms with Gasteiger partial charge in [0.05, 0.1) is 18.6 Å². The Morgan fingerprint density at radius 3 is 2.03 bits per heavy atom. The highest BCUT2D eigenvalue weighted by atomic mass is 16.4. The Hall–Kier alpha value is -0.955. The van der Waals surface area contributed by atoms with Crippen molar-refractivity contribution in [1.29, 1.82) is 0 Å². The average molecular weight is 422 g/mol. The molecule has 4 saturated carbocycles. The molecule has 3 heteroatoms. The second-order valence-electron chi connectivity index (χ2n) is 12.8. The van der Waals surface area contributed by atoms with Crippen molar-refractivity contribution in [3.8, 4) is 0 Å². The minimum absolute atomic E-state index is 0.0603. The first-order valence-electron chi connectivity index (χ1n) is 13.0. The molecule has 0 unspecified atom stereocenters. The van der Waals surface area contributed by atoms with Crippen LogP contribution in [0.25, 0.3) is 0 Å². The molecule has 1 aromatic rings. The summed E-state index contributed by atoms with van der Waals surface area (Å²) in [6, 6.07) is 2.09. The van der Waals surface area contributed by atoms with E-state index in [4.69, 9.17) is 9.07 Å². The Kier molecular flexibility index (Phi) is 5.32. The molecule has 1 heterocycles. The Balaban J connectivity index is 1.52. The molecule has 0 aromatic carbocycles. The zero-order valence-corrected chi connectivity index (χ0v) is 20.6. The van der Waals surface area contributed by atoms with Crippen LogP contribution in [0, 0.1) is 46.3 Å². The molecule has 4 aliphatic rings. The maximum absolute atomic E-state index is 7.30. The van der Waals surface area contributed by atoms with Gasteiger partial charge in [-0.2, -0.15) is 0 Å². The monoisotopic (exact) mass is 422 g/mol. The van der Waals surface area contributed by atoms with E-state index in [-0.39, 0.29) is 6.10 Å². The molecule has 9 atom stereocenters. The molecule has 170 valence electrons. The van der Waals surface area contributed by atoms with Gasteiger partial charge in [-0.15, -0.1) is 6.58 Å². The molecule has 0 bridgehead atoms. The summed E-state index contributed by atoms with van der Waals surface area (Å²) in [5.41, 5.74) is 2.14. The third kappa shape index (κ3) is 3.40. The highest BCUT2D eigenvalue weighted by Gasteiger charge is 2.70. The summed E-state index contributed by atoms with van der Waals surface area (Å²) in [6.07, 6.45) is 12.2. The van der Waals surface area contributed by atoms with Crippen molar-refractivity contribution >= 4 is 6.92 Å². The molecule has 0 N–H and O–H groups in total. The number of rotatable bonds is 7. The van der Waals surface area contributed by atoms with Crippen LogP contribution < -0.4 is 0 Å². The van der Waals surface area contributed by atoms with Gasteiger partial charge >= 0.3 is 6.92 Å². The van der Waals surface area contributed by atoms with E-state index in [1.165, 1.54) is 31.2 Å². The fourth-order valence-corrected chi connectivity index (χ4v) is 8.75. The summed E-state index contributed by atoms with van der Waals surface area (Å²) in [6.45, 7) is 19.5. The Morgan fingerprint density at radius 2 is 1.58 bits per heavy atom. The van der Waals surface area contributed by atoms with Crippen LogP contribution in [-0.2, 0) is 4.65 Å². The second-order valence-corrected chi connectivity index (χ2v) is 12.8.